The Hall–Kier alpha value is -1.27. The van der Waals surface area contributed by atoms with Crippen LogP contribution in [0.25, 0.3) is 0 Å². The lowest BCUT2D eigenvalue weighted by Crippen LogP contribution is -2.45. The Morgan fingerprint density at radius 2 is 2.13 bits per heavy atom. The summed E-state index contributed by atoms with van der Waals surface area (Å²) in [5.74, 6) is 0.625. The van der Waals surface area contributed by atoms with Gasteiger partial charge in [-0.3, -0.25) is 4.90 Å². The van der Waals surface area contributed by atoms with Crippen LogP contribution in [0, 0.1) is 0 Å². The van der Waals surface area contributed by atoms with Gasteiger partial charge in [0.15, 0.2) is 0 Å². The molecule has 1 fully saturated rings. The molecule has 124 valence electrons. The summed E-state index contributed by atoms with van der Waals surface area (Å²) in [6, 6.07) is 12.5. The Morgan fingerprint density at radius 1 is 1.30 bits per heavy atom. The van der Waals surface area contributed by atoms with Gasteiger partial charge in [-0.15, -0.1) is 11.8 Å². The van der Waals surface area contributed by atoms with Gasteiger partial charge in [-0.05, 0) is 42.5 Å². The maximum Gasteiger partial charge on any atom is 0.132 e. The molecule has 0 amide bonds. The highest BCUT2D eigenvalue weighted by atomic mass is 32.2. The summed E-state index contributed by atoms with van der Waals surface area (Å²) in [6.07, 6.45) is 3.72. The van der Waals surface area contributed by atoms with E-state index in [2.05, 4.69) is 35.4 Å². The summed E-state index contributed by atoms with van der Waals surface area (Å²) in [7, 11) is 0. The van der Waals surface area contributed by atoms with E-state index in [-0.39, 0.29) is 6.04 Å². The lowest BCUT2D eigenvalue weighted by atomic mass is 10.0. The van der Waals surface area contributed by atoms with Crippen molar-refractivity contribution < 1.29 is 14.3 Å². The highest BCUT2D eigenvalue weighted by molar-refractivity contribution is 7.98. The standard InChI is InChI=1S/C18H23NO3S/c1-23-16-6-4-14(5-7-16)12-19-8-10-21-13-15(19)11-17(20)18-3-2-9-22-18/h2-7,9,15,17,20H,8,10-13H2,1H3. The topological polar surface area (TPSA) is 45.8 Å². The van der Waals surface area contributed by atoms with Crippen molar-refractivity contribution in [1.82, 2.24) is 4.90 Å². The van der Waals surface area contributed by atoms with Crippen molar-refractivity contribution in [2.24, 2.45) is 0 Å². The molecule has 1 aliphatic heterocycles. The second kappa shape index (κ2) is 8.02. The molecule has 2 atom stereocenters. The number of rotatable bonds is 6. The van der Waals surface area contributed by atoms with Gasteiger partial charge >= 0.3 is 0 Å². The largest absolute Gasteiger partial charge is 0.467 e. The van der Waals surface area contributed by atoms with Crippen molar-refractivity contribution in [2.45, 2.75) is 30.0 Å². The molecule has 4 nitrogen and oxygen atoms in total. The van der Waals surface area contributed by atoms with Gasteiger partial charge in [-0.1, -0.05) is 12.1 Å². The molecular formula is C18H23NO3S. The zero-order valence-electron chi connectivity index (χ0n) is 13.4. The van der Waals surface area contributed by atoms with Gasteiger partial charge in [0.25, 0.3) is 0 Å². The van der Waals surface area contributed by atoms with E-state index in [1.165, 1.54) is 10.5 Å². The van der Waals surface area contributed by atoms with E-state index >= 15 is 0 Å². The van der Waals surface area contributed by atoms with Crippen LogP contribution >= 0.6 is 11.8 Å². The number of aliphatic hydroxyl groups is 1. The second-order valence-corrected chi connectivity index (χ2v) is 6.69. The quantitative estimate of drug-likeness (QED) is 0.822. The average Bonchev–Trinajstić information content (AvgIpc) is 3.12. The van der Waals surface area contributed by atoms with Crippen LogP contribution in [0.3, 0.4) is 0 Å². The highest BCUT2D eigenvalue weighted by Gasteiger charge is 2.26. The minimum Gasteiger partial charge on any atom is -0.467 e. The third kappa shape index (κ3) is 4.38. The van der Waals surface area contributed by atoms with Gasteiger partial charge in [0.2, 0.25) is 0 Å². The summed E-state index contributed by atoms with van der Waals surface area (Å²) in [5, 5.41) is 10.3. The van der Waals surface area contributed by atoms with Crippen molar-refractivity contribution in [3.8, 4) is 0 Å². The van der Waals surface area contributed by atoms with E-state index in [1.807, 2.05) is 6.07 Å². The second-order valence-electron chi connectivity index (χ2n) is 5.81. The molecule has 23 heavy (non-hydrogen) atoms. The predicted molar refractivity (Wildman–Crippen MR) is 91.5 cm³/mol. The Kier molecular flexibility index (Phi) is 5.78. The number of nitrogens with zero attached hydrogens (tertiary/aromatic N) is 1. The molecule has 1 aromatic heterocycles. The summed E-state index contributed by atoms with van der Waals surface area (Å²) < 4.78 is 10.9. The molecule has 1 N–H and O–H groups in total. The first kappa shape index (κ1) is 16.6. The van der Waals surface area contributed by atoms with Gasteiger partial charge in [0.1, 0.15) is 11.9 Å². The monoisotopic (exact) mass is 333 g/mol. The molecule has 1 aliphatic rings. The van der Waals surface area contributed by atoms with Crippen molar-refractivity contribution in [1.29, 1.82) is 0 Å². The van der Waals surface area contributed by atoms with Crippen LogP contribution in [0.5, 0.6) is 0 Å². The van der Waals surface area contributed by atoms with Gasteiger partial charge in [0.05, 0.1) is 19.5 Å². The van der Waals surface area contributed by atoms with Crippen molar-refractivity contribution in [2.75, 3.05) is 26.0 Å². The number of thioether (sulfide) groups is 1. The maximum atomic E-state index is 10.3. The molecule has 0 aliphatic carbocycles. The molecule has 0 saturated carbocycles. The first-order valence-electron chi connectivity index (χ1n) is 7.92. The Labute approximate surface area is 141 Å². The number of morpholine rings is 1. The number of aliphatic hydroxyl groups excluding tert-OH is 1. The number of benzene rings is 1. The van der Waals surface area contributed by atoms with Crippen LogP contribution < -0.4 is 0 Å². The summed E-state index contributed by atoms with van der Waals surface area (Å²) in [5.41, 5.74) is 1.29. The Balaban J connectivity index is 1.63. The predicted octanol–water partition coefficient (Wildman–Crippen LogP) is 3.33. The van der Waals surface area contributed by atoms with Gasteiger partial charge < -0.3 is 14.3 Å². The van der Waals surface area contributed by atoms with Crippen molar-refractivity contribution in [3.05, 3.63) is 54.0 Å². The third-order valence-electron chi connectivity index (χ3n) is 4.26. The molecule has 2 aromatic rings. The van der Waals surface area contributed by atoms with Crippen LogP contribution in [0.4, 0.5) is 0 Å². The molecule has 3 rings (SSSR count). The van der Waals surface area contributed by atoms with Crippen LogP contribution in [0.2, 0.25) is 0 Å². The minimum absolute atomic E-state index is 0.198. The van der Waals surface area contributed by atoms with Crippen LogP contribution in [-0.4, -0.2) is 42.1 Å². The molecule has 0 spiro atoms. The molecule has 2 unspecified atom stereocenters. The normalized spacial score (nSPS) is 20.5. The van der Waals surface area contributed by atoms with Gasteiger partial charge in [-0.2, -0.15) is 0 Å². The lowest BCUT2D eigenvalue weighted by molar-refractivity contribution is -0.0323. The zero-order chi connectivity index (χ0) is 16.1. The molecule has 1 aromatic carbocycles. The smallest absolute Gasteiger partial charge is 0.132 e. The van der Waals surface area contributed by atoms with E-state index in [0.29, 0.717) is 18.8 Å². The SMILES string of the molecule is CSc1ccc(CN2CCOCC2CC(O)c2ccco2)cc1. The molecule has 2 heterocycles. The minimum atomic E-state index is -0.585. The van der Waals surface area contributed by atoms with E-state index in [9.17, 15) is 5.11 Å². The van der Waals surface area contributed by atoms with Gasteiger partial charge in [0, 0.05) is 24.0 Å². The van der Waals surface area contributed by atoms with Gasteiger partial charge in [-0.25, -0.2) is 0 Å². The first-order valence-corrected chi connectivity index (χ1v) is 9.15. The summed E-state index contributed by atoms with van der Waals surface area (Å²) in [6.45, 7) is 3.17. The number of furan rings is 1. The van der Waals surface area contributed by atoms with Crippen LogP contribution in [0.1, 0.15) is 23.8 Å². The van der Waals surface area contributed by atoms with Crippen molar-refractivity contribution >= 4 is 11.8 Å². The fourth-order valence-corrected chi connectivity index (χ4v) is 3.34. The summed E-state index contributed by atoms with van der Waals surface area (Å²) in [4.78, 5) is 3.67. The molecule has 1 saturated heterocycles. The van der Waals surface area contributed by atoms with Crippen LogP contribution in [-0.2, 0) is 11.3 Å². The molecule has 0 bridgehead atoms. The summed E-state index contributed by atoms with van der Waals surface area (Å²) >= 11 is 1.75. The molecule has 0 radical (unpaired) electrons. The molecule has 5 heteroatoms. The lowest BCUT2D eigenvalue weighted by Gasteiger charge is -2.36. The molecular weight excluding hydrogens is 310 g/mol. The Bertz CT molecular complexity index is 585. The van der Waals surface area contributed by atoms with E-state index in [4.69, 9.17) is 9.15 Å². The highest BCUT2D eigenvalue weighted by Crippen LogP contribution is 2.24. The zero-order valence-corrected chi connectivity index (χ0v) is 14.2. The number of hydrogen-bond acceptors (Lipinski definition) is 5. The van der Waals surface area contributed by atoms with E-state index in [0.717, 1.165) is 19.7 Å². The van der Waals surface area contributed by atoms with Crippen molar-refractivity contribution in [3.63, 3.8) is 0 Å². The fraction of sp³-hybridized carbons (Fsp3) is 0.444. The Morgan fingerprint density at radius 3 is 2.83 bits per heavy atom. The average molecular weight is 333 g/mol. The van der Waals surface area contributed by atoms with Crippen LogP contribution in [0.15, 0.2) is 52.0 Å². The third-order valence-corrected chi connectivity index (χ3v) is 5.00. The van der Waals surface area contributed by atoms with E-state index < -0.39 is 6.10 Å². The maximum absolute atomic E-state index is 10.3. The number of hydrogen-bond donors (Lipinski definition) is 1. The fourth-order valence-electron chi connectivity index (χ4n) is 2.93. The first-order chi connectivity index (χ1) is 11.3. The van der Waals surface area contributed by atoms with E-state index in [1.54, 1.807) is 24.1 Å². The number of ether oxygens (including phenoxy) is 1.